The van der Waals surface area contributed by atoms with Crippen molar-refractivity contribution in [3.8, 4) is 0 Å². The number of hydrogen-bond acceptors (Lipinski definition) is 3. The number of halogens is 1. The van der Waals surface area contributed by atoms with Crippen LogP contribution in [0.3, 0.4) is 0 Å². The molecular formula is C22H30ClN3O2. The zero-order valence-corrected chi connectivity index (χ0v) is 17.6. The van der Waals surface area contributed by atoms with Crippen molar-refractivity contribution >= 4 is 29.6 Å². The highest BCUT2D eigenvalue weighted by Gasteiger charge is 2.29. The molecule has 0 saturated carbocycles. The molecule has 152 valence electrons. The zero-order chi connectivity index (χ0) is 20.9. The summed E-state index contributed by atoms with van der Waals surface area (Å²) in [5.74, 6) is -0.0884. The van der Waals surface area contributed by atoms with Crippen LogP contribution in [-0.4, -0.2) is 29.8 Å². The highest BCUT2D eigenvalue weighted by Crippen LogP contribution is 2.15. The normalized spacial score (nSPS) is 14.9. The topological polar surface area (TPSA) is 75.4 Å². The first-order chi connectivity index (χ1) is 13.5. The lowest BCUT2D eigenvalue weighted by Gasteiger charge is -2.19. The van der Waals surface area contributed by atoms with Gasteiger partial charge in [-0.2, -0.15) is 0 Å². The van der Waals surface area contributed by atoms with Gasteiger partial charge in [0.2, 0.25) is 12.3 Å². The molecule has 6 heteroatoms. The van der Waals surface area contributed by atoms with E-state index < -0.39 is 0 Å². The average Bonchev–Trinajstić information content (AvgIpc) is 3.21. The van der Waals surface area contributed by atoms with E-state index in [2.05, 4.69) is 5.32 Å². The van der Waals surface area contributed by atoms with Crippen LogP contribution in [0.2, 0.25) is 5.02 Å². The quantitative estimate of drug-likeness (QED) is 0.593. The van der Waals surface area contributed by atoms with Crippen LogP contribution >= 0.6 is 11.6 Å². The molecule has 1 aliphatic heterocycles. The molecule has 0 radical (unpaired) electrons. The molecule has 0 aliphatic carbocycles. The second-order valence-corrected chi connectivity index (χ2v) is 6.64. The maximum absolute atomic E-state index is 11.9. The Labute approximate surface area is 172 Å². The SMILES string of the molecule is CC.Cc1ccccc1N.O=CN1CCCC1C(=O)NCc1ccc(Cl)cc1. The predicted octanol–water partition coefficient (Wildman–Crippen LogP) is 4.18. The molecule has 1 atom stereocenters. The molecule has 0 spiro atoms. The van der Waals surface area contributed by atoms with E-state index in [1.165, 1.54) is 0 Å². The number of carbonyl (C=O) groups is 2. The highest BCUT2D eigenvalue weighted by molar-refractivity contribution is 6.30. The summed E-state index contributed by atoms with van der Waals surface area (Å²) in [6.45, 7) is 7.12. The summed E-state index contributed by atoms with van der Waals surface area (Å²) < 4.78 is 0. The van der Waals surface area contributed by atoms with Gasteiger partial charge in [-0.3, -0.25) is 9.59 Å². The van der Waals surface area contributed by atoms with Gasteiger partial charge in [-0.05, 0) is 49.1 Å². The van der Waals surface area contributed by atoms with E-state index in [4.69, 9.17) is 17.3 Å². The van der Waals surface area contributed by atoms with Gasteiger partial charge in [0, 0.05) is 23.8 Å². The standard InChI is InChI=1S/C13H15ClN2O2.C7H9N.C2H6/c14-11-5-3-10(4-6-11)8-15-13(18)12-2-1-7-16(12)9-17;1-6-4-2-3-5-7(6)8;1-2/h3-6,9,12H,1-2,7-8H2,(H,15,18);2-5H,8H2,1H3;1-2H3. The van der Waals surface area contributed by atoms with Crippen molar-refractivity contribution in [2.24, 2.45) is 0 Å². The smallest absolute Gasteiger partial charge is 0.243 e. The number of nitrogens with two attached hydrogens (primary N) is 1. The number of nitrogen functional groups attached to an aromatic ring is 1. The molecule has 0 bridgehead atoms. The molecule has 2 aromatic carbocycles. The number of rotatable bonds is 4. The number of hydrogen-bond donors (Lipinski definition) is 2. The summed E-state index contributed by atoms with van der Waals surface area (Å²) in [7, 11) is 0. The minimum absolute atomic E-state index is 0.0884. The Hall–Kier alpha value is -2.53. The van der Waals surface area contributed by atoms with Gasteiger partial charge in [-0.15, -0.1) is 0 Å². The van der Waals surface area contributed by atoms with Crippen LogP contribution in [0.4, 0.5) is 5.69 Å². The zero-order valence-electron chi connectivity index (χ0n) is 16.8. The van der Waals surface area contributed by atoms with Crippen molar-refractivity contribution < 1.29 is 9.59 Å². The molecular weight excluding hydrogens is 374 g/mol. The minimum Gasteiger partial charge on any atom is -0.399 e. The fourth-order valence-electron chi connectivity index (χ4n) is 2.69. The lowest BCUT2D eigenvalue weighted by Crippen LogP contribution is -2.42. The molecule has 3 N–H and O–H groups in total. The number of amides is 2. The number of nitrogens with one attached hydrogen (secondary N) is 1. The molecule has 1 heterocycles. The Bertz CT molecular complexity index is 714. The molecule has 1 aliphatic rings. The molecule has 1 saturated heterocycles. The fourth-order valence-corrected chi connectivity index (χ4v) is 2.82. The summed E-state index contributed by atoms with van der Waals surface area (Å²) in [6, 6.07) is 14.8. The Kier molecular flexibility index (Phi) is 10.7. The Morgan fingerprint density at radius 1 is 1.21 bits per heavy atom. The number of benzene rings is 2. The van der Waals surface area contributed by atoms with Crippen molar-refractivity contribution in [2.45, 2.75) is 46.2 Å². The first-order valence-electron chi connectivity index (χ1n) is 9.55. The molecule has 2 aromatic rings. The number of likely N-dealkylation sites (tertiary alicyclic amines) is 1. The van der Waals surface area contributed by atoms with Crippen LogP contribution in [0.25, 0.3) is 0 Å². The minimum atomic E-state index is -0.310. The largest absolute Gasteiger partial charge is 0.399 e. The van der Waals surface area contributed by atoms with Gasteiger partial charge in [0.1, 0.15) is 6.04 Å². The second-order valence-electron chi connectivity index (χ2n) is 6.20. The summed E-state index contributed by atoms with van der Waals surface area (Å²) in [5, 5.41) is 3.52. The van der Waals surface area contributed by atoms with Gasteiger partial charge in [0.25, 0.3) is 0 Å². The Morgan fingerprint density at radius 3 is 2.39 bits per heavy atom. The second kappa shape index (κ2) is 12.8. The van der Waals surface area contributed by atoms with Gasteiger partial charge in [0.05, 0.1) is 0 Å². The van der Waals surface area contributed by atoms with E-state index in [9.17, 15) is 9.59 Å². The maximum atomic E-state index is 11.9. The van der Waals surface area contributed by atoms with Gasteiger partial charge in [0.15, 0.2) is 0 Å². The lowest BCUT2D eigenvalue weighted by molar-refractivity contribution is -0.131. The van der Waals surface area contributed by atoms with Crippen molar-refractivity contribution in [1.82, 2.24) is 10.2 Å². The number of carbonyl (C=O) groups excluding carboxylic acids is 2. The van der Waals surface area contributed by atoms with E-state index in [0.29, 0.717) is 18.1 Å². The summed E-state index contributed by atoms with van der Waals surface area (Å²) >= 11 is 5.78. The van der Waals surface area contributed by atoms with Crippen LogP contribution in [0.5, 0.6) is 0 Å². The molecule has 2 amide bonds. The van der Waals surface area contributed by atoms with Gasteiger partial charge in [-0.1, -0.05) is 55.8 Å². The third-order valence-electron chi connectivity index (χ3n) is 4.30. The van der Waals surface area contributed by atoms with Crippen LogP contribution in [0, 0.1) is 6.92 Å². The van der Waals surface area contributed by atoms with Gasteiger partial charge >= 0.3 is 0 Å². The van der Waals surface area contributed by atoms with Crippen molar-refractivity contribution in [2.75, 3.05) is 12.3 Å². The van der Waals surface area contributed by atoms with Crippen molar-refractivity contribution in [3.63, 3.8) is 0 Å². The van der Waals surface area contributed by atoms with Gasteiger partial charge < -0.3 is 16.0 Å². The number of nitrogens with zero attached hydrogens (tertiary/aromatic N) is 1. The maximum Gasteiger partial charge on any atom is 0.243 e. The van der Waals surface area contributed by atoms with E-state index in [-0.39, 0.29) is 11.9 Å². The van der Waals surface area contributed by atoms with Crippen LogP contribution in [0.1, 0.15) is 37.8 Å². The predicted molar refractivity (Wildman–Crippen MR) is 116 cm³/mol. The van der Waals surface area contributed by atoms with E-state index in [0.717, 1.165) is 36.1 Å². The molecule has 0 aromatic heterocycles. The third-order valence-corrected chi connectivity index (χ3v) is 4.55. The van der Waals surface area contributed by atoms with Crippen molar-refractivity contribution in [1.29, 1.82) is 0 Å². The van der Waals surface area contributed by atoms with E-state index >= 15 is 0 Å². The Morgan fingerprint density at radius 2 is 1.86 bits per heavy atom. The summed E-state index contributed by atoms with van der Waals surface area (Å²) in [6.07, 6.45) is 2.38. The lowest BCUT2D eigenvalue weighted by atomic mass is 10.2. The first-order valence-corrected chi connectivity index (χ1v) is 9.93. The van der Waals surface area contributed by atoms with Gasteiger partial charge in [-0.25, -0.2) is 0 Å². The molecule has 1 unspecified atom stereocenters. The summed E-state index contributed by atoms with van der Waals surface area (Å²) in [5.41, 5.74) is 8.52. The molecule has 5 nitrogen and oxygen atoms in total. The summed E-state index contributed by atoms with van der Waals surface area (Å²) in [4.78, 5) is 24.2. The molecule has 1 fully saturated rings. The van der Waals surface area contributed by atoms with E-state index in [1.807, 2.05) is 57.2 Å². The van der Waals surface area contributed by atoms with E-state index in [1.54, 1.807) is 17.0 Å². The van der Waals surface area contributed by atoms with Crippen molar-refractivity contribution in [3.05, 3.63) is 64.7 Å². The third kappa shape index (κ3) is 7.61. The number of para-hydroxylation sites is 1. The van der Waals surface area contributed by atoms with Crippen LogP contribution in [0.15, 0.2) is 48.5 Å². The average molecular weight is 404 g/mol. The molecule has 3 rings (SSSR count). The molecule has 28 heavy (non-hydrogen) atoms. The fraction of sp³-hybridized carbons (Fsp3) is 0.364. The van der Waals surface area contributed by atoms with Crippen LogP contribution in [-0.2, 0) is 16.1 Å². The monoisotopic (exact) mass is 403 g/mol. The first kappa shape index (κ1) is 23.5. The number of aryl methyl sites for hydroxylation is 1. The highest BCUT2D eigenvalue weighted by atomic mass is 35.5. The van der Waals surface area contributed by atoms with Crippen LogP contribution < -0.4 is 11.1 Å². The Balaban J connectivity index is 0.000000327. The number of anilines is 1.